The average molecular weight is 363 g/mol. The van der Waals surface area contributed by atoms with Crippen LogP contribution in [0.15, 0.2) is 23.2 Å². The highest BCUT2D eigenvalue weighted by Gasteiger charge is 2.21. The van der Waals surface area contributed by atoms with E-state index in [1.807, 2.05) is 6.07 Å². The predicted molar refractivity (Wildman–Crippen MR) is 109 cm³/mol. The Labute approximate surface area is 158 Å². The Morgan fingerprint density at radius 1 is 1.15 bits per heavy atom. The first-order valence-electron chi connectivity index (χ1n) is 9.58. The number of hydrogen-bond acceptors (Lipinski definition) is 4. The van der Waals surface area contributed by atoms with Gasteiger partial charge in [-0.2, -0.15) is 0 Å². The molecule has 2 N–H and O–H groups in total. The Hall–Kier alpha value is -2.11. The molecule has 6 heteroatoms. The van der Waals surface area contributed by atoms with Gasteiger partial charge < -0.3 is 25.0 Å². The fourth-order valence-corrected chi connectivity index (χ4v) is 3.04. The van der Waals surface area contributed by atoms with E-state index in [4.69, 9.17) is 9.47 Å². The van der Waals surface area contributed by atoms with Gasteiger partial charge in [-0.05, 0) is 25.7 Å². The molecule has 0 radical (unpaired) electrons. The lowest BCUT2D eigenvalue weighted by molar-refractivity contribution is 0.393. The normalized spacial score (nSPS) is 15.9. The third-order valence-electron chi connectivity index (χ3n) is 4.50. The number of rotatable bonds is 7. The zero-order chi connectivity index (χ0) is 18.9. The fraction of sp³-hybridized carbons (Fsp3) is 0.650. The minimum absolute atomic E-state index is 0.448. The van der Waals surface area contributed by atoms with E-state index in [1.165, 1.54) is 0 Å². The second kappa shape index (κ2) is 10.1. The van der Waals surface area contributed by atoms with Gasteiger partial charge in [0, 0.05) is 56.1 Å². The van der Waals surface area contributed by atoms with Gasteiger partial charge in [-0.3, -0.25) is 4.99 Å². The summed E-state index contributed by atoms with van der Waals surface area (Å²) in [5, 5.41) is 6.94. The molecule has 0 atom stereocenters. The van der Waals surface area contributed by atoms with Crippen LogP contribution in [0.5, 0.6) is 11.5 Å². The highest BCUT2D eigenvalue weighted by atomic mass is 16.5. The fourth-order valence-electron chi connectivity index (χ4n) is 3.04. The van der Waals surface area contributed by atoms with Crippen LogP contribution in [0, 0.1) is 5.92 Å². The van der Waals surface area contributed by atoms with E-state index in [2.05, 4.69) is 53.4 Å². The smallest absolute Gasteiger partial charge is 0.191 e. The van der Waals surface area contributed by atoms with Crippen LogP contribution in [0.2, 0.25) is 0 Å². The second-order valence-electron chi connectivity index (χ2n) is 7.09. The molecule has 0 bridgehead atoms. The Kier molecular flexibility index (Phi) is 7.88. The molecule has 6 nitrogen and oxygen atoms in total. The predicted octanol–water partition coefficient (Wildman–Crippen LogP) is 2.88. The number of methoxy groups -OCH3 is 2. The van der Waals surface area contributed by atoms with E-state index in [1.54, 1.807) is 14.2 Å². The molecule has 1 aliphatic rings. The highest BCUT2D eigenvalue weighted by Crippen LogP contribution is 2.30. The van der Waals surface area contributed by atoms with Crippen LogP contribution in [0.3, 0.4) is 0 Å². The quantitative estimate of drug-likeness (QED) is 0.577. The van der Waals surface area contributed by atoms with Gasteiger partial charge in [0.15, 0.2) is 5.96 Å². The summed E-state index contributed by atoms with van der Waals surface area (Å²) in [4.78, 5) is 7.07. The molecule has 1 aliphatic heterocycles. The zero-order valence-corrected chi connectivity index (χ0v) is 16.8. The number of ether oxygens (including phenoxy) is 2. The Morgan fingerprint density at radius 3 is 2.27 bits per heavy atom. The molecule has 1 fully saturated rings. The summed E-state index contributed by atoms with van der Waals surface area (Å²) < 4.78 is 10.8. The minimum Gasteiger partial charge on any atom is -0.497 e. The summed E-state index contributed by atoms with van der Waals surface area (Å²) in [6.07, 6.45) is 2.15. The zero-order valence-electron chi connectivity index (χ0n) is 16.8. The van der Waals surface area contributed by atoms with Crippen LogP contribution >= 0.6 is 0 Å². The third-order valence-corrected chi connectivity index (χ3v) is 4.50. The van der Waals surface area contributed by atoms with Crippen LogP contribution in [0.1, 0.15) is 33.6 Å². The number of hydrogen-bond donors (Lipinski definition) is 2. The summed E-state index contributed by atoms with van der Waals surface area (Å²) in [7, 11) is 3.38. The Morgan fingerprint density at radius 2 is 1.77 bits per heavy atom. The molecule has 0 spiro atoms. The molecular formula is C20H34N4O2. The molecule has 0 amide bonds. The van der Waals surface area contributed by atoms with Gasteiger partial charge in [0.2, 0.25) is 0 Å². The van der Waals surface area contributed by atoms with Crippen molar-refractivity contribution < 1.29 is 9.47 Å². The van der Waals surface area contributed by atoms with Crippen molar-refractivity contribution in [2.75, 3.05) is 45.3 Å². The van der Waals surface area contributed by atoms with E-state index in [-0.39, 0.29) is 0 Å². The molecule has 26 heavy (non-hydrogen) atoms. The number of nitrogens with one attached hydrogen (secondary N) is 2. The van der Waals surface area contributed by atoms with E-state index in [0.29, 0.717) is 12.0 Å². The number of piperidine rings is 1. The maximum absolute atomic E-state index is 5.39. The van der Waals surface area contributed by atoms with Gasteiger partial charge in [0.05, 0.1) is 14.2 Å². The summed E-state index contributed by atoms with van der Waals surface area (Å²) >= 11 is 0. The summed E-state index contributed by atoms with van der Waals surface area (Å²) in [5.74, 6) is 3.16. The number of nitrogens with zero attached hydrogens (tertiary/aromatic N) is 2. The minimum atomic E-state index is 0.448. The average Bonchev–Trinajstić information content (AvgIpc) is 2.66. The molecule has 0 saturated carbocycles. The molecule has 1 aromatic rings. The molecule has 0 aliphatic carbocycles. The van der Waals surface area contributed by atoms with Crippen LogP contribution in [-0.4, -0.2) is 52.4 Å². The molecule has 1 aromatic carbocycles. The Balaban J connectivity index is 1.95. The first-order valence-corrected chi connectivity index (χ1v) is 9.58. The number of guanidine groups is 1. The first kappa shape index (κ1) is 20.2. The maximum atomic E-state index is 5.39. The largest absolute Gasteiger partial charge is 0.497 e. The molecule has 1 saturated heterocycles. The van der Waals surface area contributed by atoms with Crippen LogP contribution in [0.4, 0.5) is 5.69 Å². The first-order chi connectivity index (χ1) is 12.5. The topological polar surface area (TPSA) is 58.1 Å². The van der Waals surface area contributed by atoms with Gasteiger partial charge in [0.25, 0.3) is 0 Å². The van der Waals surface area contributed by atoms with Gasteiger partial charge in [-0.25, -0.2) is 0 Å². The lowest BCUT2D eigenvalue weighted by Gasteiger charge is -2.35. The van der Waals surface area contributed by atoms with Crippen molar-refractivity contribution in [1.82, 2.24) is 10.6 Å². The van der Waals surface area contributed by atoms with Gasteiger partial charge in [0.1, 0.15) is 11.5 Å². The SMILES string of the molecule is CCNC(=NCC(C)C)NC1CCN(c2cc(OC)cc(OC)c2)CC1. The van der Waals surface area contributed by atoms with Crippen LogP contribution in [0.25, 0.3) is 0 Å². The Bertz CT molecular complexity index is 559. The van der Waals surface area contributed by atoms with Crippen LogP contribution in [-0.2, 0) is 0 Å². The van der Waals surface area contributed by atoms with Crippen molar-refractivity contribution >= 4 is 11.6 Å². The molecule has 2 rings (SSSR count). The lowest BCUT2D eigenvalue weighted by Crippen LogP contribution is -2.48. The van der Waals surface area contributed by atoms with Crippen molar-refractivity contribution in [3.8, 4) is 11.5 Å². The molecular weight excluding hydrogens is 328 g/mol. The molecule has 0 unspecified atom stereocenters. The lowest BCUT2D eigenvalue weighted by atomic mass is 10.0. The second-order valence-corrected chi connectivity index (χ2v) is 7.09. The molecule has 1 heterocycles. The summed E-state index contributed by atoms with van der Waals surface area (Å²) in [6.45, 7) is 10.2. The van der Waals surface area contributed by atoms with E-state index in [0.717, 1.165) is 62.2 Å². The van der Waals surface area contributed by atoms with Crippen molar-refractivity contribution in [1.29, 1.82) is 0 Å². The number of anilines is 1. The summed E-state index contributed by atoms with van der Waals surface area (Å²) in [5.41, 5.74) is 1.15. The van der Waals surface area contributed by atoms with E-state index < -0.39 is 0 Å². The van der Waals surface area contributed by atoms with Crippen LogP contribution < -0.4 is 25.0 Å². The van der Waals surface area contributed by atoms with Crippen molar-refractivity contribution in [2.45, 2.75) is 39.7 Å². The van der Waals surface area contributed by atoms with Gasteiger partial charge in [-0.15, -0.1) is 0 Å². The summed E-state index contributed by atoms with van der Waals surface area (Å²) in [6, 6.07) is 6.50. The van der Waals surface area contributed by atoms with Gasteiger partial charge in [-0.1, -0.05) is 13.8 Å². The number of benzene rings is 1. The van der Waals surface area contributed by atoms with Crippen molar-refractivity contribution in [2.24, 2.45) is 10.9 Å². The third kappa shape index (κ3) is 6.00. The van der Waals surface area contributed by atoms with Gasteiger partial charge >= 0.3 is 0 Å². The molecule has 146 valence electrons. The highest BCUT2D eigenvalue weighted by molar-refractivity contribution is 5.80. The maximum Gasteiger partial charge on any atom is 0.191 e. The van der Waals surface area contributed by atoms with E-state index in [9.17, 15) is 0 Å². The van der Waals surface area contributed by atoms with Crippen molar-refractivity contribution in [3.05, 3.63) is 18.2 Å². The van der Waals surface area contributed by atoms with E-state index >= 15 is 0 Å². The van der Waals surface area contributed by atoms with Crippen molar-refractivity contribution in [3.63, 3.8) is 0 Å². The molecule has 0 aromatic heterocycles. The standard InChI is InChI=1S/C20H34N4O2/c1-6-21-20(22-14-15(2)3)23-16-7-9-24(10-8-16)17-11-18(25-4)13-19(12-17)26-5/h11-13,15-16H,6-10,14H2,1-5H3,(H2,21,22,23). The monoisotopic (exact) mass is 362 g/mol. The number of aliphatic imine (C=N–C) groups is 1.